The van der Waals surface area contributed by atoms with Crippen LogP contribution >= 0.6 is 0 Å². The van der Waals surface area contributed by atoms with Crippen molar-refractivity contribution in [2.75, 3.05) is 11.5 Å². The summed E-state index contributed by atoms with van der Waals surface area (Å²) in [5.41, 5.74) is -0.217. The molecule has 2 heterocycles. The molecule has 0 aromatic rings. The van der Waals surface area contributed by atoms with E-state index < -0.39 is 10.8 Å². The molecular weight excluding hydrogens is 248 g/mol. The Morgan fingerprint density at radius 3 is 2.44 bits per heavy atom. The number of hydrogen-bond acceptors (Lipinski definition) is 3. The SMILES string of the molecule is CC(C)C1NC2(CC2)C(=O)N1C1CCS(=O)CC1. The fraction of sp³-hybridized carbons (Fsp3) is 0.923. The largest absolute Gasteiger partial charge is 0.322 e. The second kappa shape index (κ2) is 4.30. The van der Waals surface area contributed by atoms with Crippen LogP contribution in [0.3, 0.4) is 0 Å². The molecule has 1 aliphatic carbocycles. The van der Waals surface area contributed by atoms with Crippen LogP contribution in [0.2, 0.25) is 0 Å². The minimum atomic E-state index is -0.656. The first-order valence-corrected chi connectivity index (χ1v) is 8.48. The lowest BCUT2D eigenvalue weighted by Gasteiger charge is -2.36. The number of rotatable bonds is 2. The summed E-state index contributed by atoms with van der Waals surface area (Å²) in [6.45, 7) is 4.33. The Morgan fingerprint density at radius 1 is 1.33 bits per heavy atom. The van der Waals surface area contributed by atoms with Gasteiger partial charge in [0.2, 0.25) is 5.91 Å². The minimum absolute atomic E-state index is 0.177. The third-order valence-corrected chi connectivity index (χ3v) is 5.88. The van der Waals surface area contributed by atoms with E-state index in [1.54, 1.807) is 0 Å². The molecule has 2 aliphatic heterocycles. The van der Waals surface area contributed by atoms with Crippen LogP contribution < -0.4 is 5.32 Å². The Balaban J connectivity index is 1.79. The van der Waals surface area contributed by atoms with Crippen molar-refractivity contribution in [2.45, 2.75) is 57.3 Å². The standard InChI is InChI=1S/C13H22N2O2S/c1-9(2)11-14-13(5-6-13)12(16)15(11)10-3-7-18(17)8-4-10/h9-11,14H,3-8H2,1-2H3. The second-order valence-electron chi connectivity index (χ2n) is 6.21. The second-order valence-corrected chi connectivity index (χ2v) is 7.90. The summed E-state index contributed by atoms with van der Waals surface area (Å²) in [5.74, 6) is 2.25. The van der Waals surface area contributed by atoms with Gasteiger partial charge in [0.25, 0.3) is 0 Å². The fourth-order valence-electron chi connectivity index (χ4n) is 3.21. The molecule has 102 valence electrons. The first-order valence-electron chi connectivity index (χ1n) is 6.99. The molecule has 0 aromatic carbocycles. The Bertz CT molecular complexity index is 382. The van der Waals surface area contributed by atoms with Crippen molar-refractivity contribution in [3.05, 3.63) is 0 Å². The molecule has 18 heavy (non-hydrogen) atoms. The van der Waals surface area contributed by atoms with Crippen molar-refractivity contribution in [1.82, 2.24) is 10.2 Å². The summed E-state index contributed by atoms with van der Waals surface area (Å²) in [6, 6.07) is 0.301. The van der Waals surface area contributed by atoms with Crippen LogP contribution in [0.15, 0.2) is 0 Å². The topological polar surface area (TPSA) is 49.4 Å². The van der Waals surface area contributed by atoms with Crippen LogP contribution in [0.1, 0.15) is 39.5 Å². The van der Waals surface area contributed by atoms with E-state index in [9.17, 15) is 9.00 Å². The summed E-state index contributed by atoms with van der Waals surface area (Å²) in [7, 11) is -0.656. The Labute approximate surface area is 111 Å². The highest BCUT2D eigenvalue weighted by atomic mass is 32.2. The highest BCUT2D eigenvalue weighted by Gasteiger charge is 2.60. The molecule has 1 atom stereocenters. The Morgan fingerprint density at radius 2 is 1.94 bits per heavy atom. The number of carbonyl (C=O) groups excluding carboxylic acids is 1. The van der Waals surface area contributed by atoms with Gasteiger partial charge in [-0.15, -0.1) is 0 Å². The number of nitrogens with zero attached hydrogens (tertiary/aromatic N) is 1. The molecule has 1 spiro atoms. The highest BCUT2D eigenvalue weighted by Crippen LogP contribution is 2.44. The van der Waals surface area contributed by atoms with E-state index in [2.05, 4.69) is 24.1 Å². The maximum atomic E-state index is 12.6. The van der Waals surface area contributed by atoms with E-state index >= 15 is 0 Å². The normalized spacial score (nSPS) is 38.7. The smallest absolute Gasteiger partial charge is 0.244 e. The van der Waals surface area contributed by atoms with Gasteiger partial charge in [-0.3, -0.25) is 14.3 Å². The third-order valence-electron chi connectivity index (χ3n) is 4.50. The van der Waals surface area contributed by atoms with Crippen LogP contribution in [0, 0.1) is 5.92 Å². The minimum Gasteiger partial charge on any atom is -0.322 e. The summed E-state index contributed by atoms with van der Waals surface area (Å²) in [6.07, 6.45) is 3.96. The van der Waals surface area contributed by atoms with E-state index in [-0.39, 0.29) is 11.7 Å². The van der Waals surface area contributed by atoms with Crippen LogP contribution in [-0.4, -0.2) is 44.3 Å². The molecule has 3 aliphatic rings. The van der Waals surface area contributed by atoms with E-state index in [0.717, 1.165) is 37.2 Å². The number of nitrogens with one attached hydrogen (secondary N) is 1. The fourth-order valence-corrected chi connectivity index (χ4v) is 4.49. The average Bonchev–Trinajstić information content (AvgIpc) is 3.04. The number of carbonyl (C=O) groups is 1. The molecular formula is C13H22N2O2S. The molecule has 3 fully saturated rings. The first kappa shape index (κ1) is 12.6. The molecule has 0 radical (unpaired) electrons. The van der Waals surface area contributed by atoms with Crippen LogP contribution in [0.4, 0.5) is 0 Å². The van der Waals surface area contributed by atoms with Gasteiger partial charge < -0.3 is 4.90 Å². The monoisotopic (exact) mass is 270 g/mol. The van der Waals surface area contributed by atoms with Gasteiger partial charge in [0, 0.05) is 28.3 Å². The molecule has 1 saturated carbocycles. The van der Waals surface area contributed by atoms with Crippen LogP contribution in [0.25, 0.3) is 0 Å². The highest BCUT2D eigenvalue weighted by molar-refractivity contribution is 7.85. The number of amides is 1. The Hall–Kier alpha value is -0.420. The zero-order valence-corrected chi connectivity index (χ0v) is 12.0. The summed E-state index contributed by atoms with van der Waals surface area (Å²) >= 11 is 0. The zero-order chi connectivity index (χ0) is 12.9. The van der Waals surface area contributed by atoms with Gasteiger partial charge in [-0.25, -0.2) is 0 Å². The van der Waals surface area contributed by atoms with Gasteiger partial charge in [-0.1, -0.05) is 13.8 Å². The van der Waals surface area contributed by atoms with Crippen molar-refractivity contribution >= 4 is 16.7 Å². The molecule has 3 rings (SSSR count). The quantitative estimate of drug-likeness (QED) is 0.809. The van der Waals surface area contributed by atoms with E-state index in [0.29, 0.717) is 17.9 Å². The molecule has 0 bridgehead atoms. The van der Waals surface area contributed by atoms with Gasteiger partial charge in [0.05, 0.1) is 11.7 Å². The predicted octanol–water partition coefficient (Wildman–Crippen LogP) is 0.844. The van der Waals surface area contributed by atoms with Crippen molar-refractivity contribution in [2.24, 2.45) is 5.92 Å². The molecule has 1 N–H and O–H groups in total. The maximum absolute atomic E-state index is 12.6. The van der Waals surface area contributed by atoms with Gasteiger partial charge in [0.15, 0.2) is 0 Å². The molecule has 2 saturated heterocycles. The maximum Gasteiger partial charge on any atom is 0.244 e. The lowest BCUT2D eigenvalue weighted by atomic mass is 10.1. The molecule has 0 aromatic heterocycles. The molecule has 1 unspecified atom stereocenters. The van der Waals surface area contributed by atoms with Crippen molar-refractivity contribution in [3.8, 4) is 0 Å². The van der Waals surface area contributed by atoms with Crippen molar-refractivity contribution in [1.29, 1.82) is 0 Å². The van der Waals surface area contributed by atoms with E-state index in [4.69, 9.17) is 0 Å². The van der Waals surface area contributed by atoms with Gasteiger partial charge in [-0.05, 0) is 31.6 Å². The summed E-state index contributed by atoms with van der Waals surface area (Å²) in [5, 5.41) is 3.55. The third kappa shape index (κ3) is 1.92. The average molecular weight is 270 g/mol. The Kier molecular flexibility index (Phi) is 3.01. The van der Waals surface area contributed by atoms with Crippen LogP contribution in [0.5, 0.6) is 0 Å². The first-order chi connectivity index (χ1) is 8.53. The molecule has 5 heteroatoms. The lowest BCUT2D eigenvalue weighted by Crippen LogP contribution is -2.49. The summed E-state index contributed by atoms with van der Waals surface area (Å²) in [4.78, 5) is 14.7. The molecule has 4 nitrogen and oxygen atoms in total. The predicted molar refractivity (Wildman–Crippen MR) is 71.5 cm³/mol. The van der Waals surface area contributed by atoms with E-state index in [1.165, 1.54) is 0 Å². The zero-order valence-electron chi connectivity index (χ0n) is 11.1. The lowest BCUT2D eigenvalue weighted by molar-refractivity contribution is -0.133. The summed E-state index contributed by atoms with van der Waals surface area (Å²) < 4.78 is 11.5. The van der Waals surface area contributed by atoms with Crippen molar-refractivity contribution in [3.63, 3.8) is 0 Å². The van der Waals surface area contributed by atoms with Crippen LogP contribution in [-0.2, 0) is 15.6 Å². The van der Waals surface area contributed by atoms with Gasteiger partial charge in [-0.2, -0.15) is 0 Å². The van der Waals surface area contributed by atoms with E-state index in [1.807, 2.05) is 0 Å². The molecule has 1 amide bonds. The van der Waals surface area contributed by atoms with Crippen molar-refractivity contribution < 1.29 is 9.00 Å². The number of hydrogen-bond donors (Lipinski definition) is 1. The van der Waals surface area contributed by atoms with Gasteiger partial charge >= 0.3 is 0 Å². The van der Waals surface area contributed by atoms with Gasteiger partial charge in [0.1, 0.15) is 0 Å².